The zero-order valence-corrected chi connectivity index (χ0v) is 13.7. The number of nitrogens with zero attached hydrogens (tertiary/aromatic N) is 1. The lowest BCUT2D eigenvalue weighted by molar-refractivity contribution is 0.298. The first-order valence-corrected chi connectivity index (χ1v) is 7.93. The summed E-state index contributed by atoms with van der Waals surface area (Å²) in [5, 5.41) is 4.15. The summed E-state index contributed by atoms with van der Waals surface area (Å²) in [5.74, 6) is 0.763. The second-order valence-corrected chi connectivity index (χ2v) is 5.16. The molecular weight excluding hydrogens is 272 g/mol. The van der Waals surface area contributed by atoms with Gasteiger partial charge in [-0.1, -0.05) is 31.5 Å². The summed E-state index contributed by atoms with van der Waals surface area (Å²) in [6.07, 6.45) is 1.17. The molecule has 1 N–H and O–H groups in total. The second-order valence-electron chi connectivity index (χ2n) is 4.75. The monoisotopic (exact) mass is 298 g/mol. The molecule has 0 amide bonds. The molecule has 20 heavy (non-hydrogen) atoms. The molecule has 0 bridgehead atoms. The van der Waals surface area contributed by atoms with Crippen LogP contribution in [-0.2, 0) is 6.54 Å². The highest BCUT2D eigenvalue weighted by molar-refractivity contribution is 6.32. The van der Waals surface area contributed by atoms with E-state index in [9.17, 15) is 0 Å². The van der Waals surface area contributed by atoms with Gasteiger partial charge in [0.25, 0.3) is 0 Å². The Balaban J connectivity index is 2.27. The average Bonchev–Trinajstić information content (AvgIpc) is 2.46. The van der Waals surface area contributed by atoms with Crippen LogP contribution in [0.2, 0.25) is 5.02 Å². The van der Waals surface area contributed by atoms with E-state index in [0.29, 0.717) is 11.6 Å². The van der Waals surface area contributed by atoms with Crippen molar-refractivity contribution < 1.29 is 4.74 Å². The SMILES string of the molecule is CCOc1ccc(CNCCCN(CC)CC)cc1Cl. The summed E-state index contributed by atoms with van der Waals surface area (Å²) < 4.78 is 5.43. The van der Waals surface area contributed by atoms with E-state index in [4.69, 9.17) is 16.3 Å². The fraction of sp³-hybridized carbons (Fsp3) is 0.625. The molecule has 0 saturated heterocycles. The van der Waals surface area contributed by atoms with Crippen LogP contribution < -0.4 is 10.1 Å². The quantitative estimate of drug-likeness (QED) is 0.669. The first-order chi connectivity index (χ1) is 9.71. The fourth-order valence-corrected chi connectivity index (χ4v) is 2.38. The third-order valence-corrected chi connectivity index (χ3v) is 3.64. The maximum atomic E-state index is 6.17. The van der Waals surface area contributed by atoms with E-state index in [2.05, 4.69) is 30.1 Å². The summed E-state index contributed by atoms with van der Waals surface area (Å²) >= 11 is 6.17. The molecule has 0 aromatic heterocycles. The molecule has 4 heteroatoms. The topological polar surface area (TPSA) is 24.5 Å². The molecule has 0 saturated carbocycles. The summed E-state index contributed by atoms with van der Waals surface area (Å²) in [6, 6.07) is 5.98. The minimum Gasteiger partial charge on any atom is -0.492 e. The van der Waals surface area contributed by atoms with Crippen molar-refractivity contribution in [2.24, 2.45) is 0 Å². The van der Waals surface area contributed by atoms with Crippen LogP contribution >= 0.6 is 11.6 Å². The van der Waals surface area contributed by atoms with Gasteiger partial charge in [-0.05, 0) is 57.2 Å². The molecule has 0 fully saturated rings. The number of hydrogen-bond acceptors (Lipinski definition) is 3. The van der Waals surface area contributed by atoms with E-state index in [0.717, 1.165) is 38.5 Å². The van der Waals surface area contributed by atoms with Gasteiger partial charge in [-0.3, -0.25) is 0 Å². The normalized spacial score (nSPS) is 11.1. The van der Waals surface area contributed by atoms with Crippen LogP contribution in [0.4, 0.5) is 0 Å². The zero-order chi connectivity index (χ0) is 14.8. The Kier molecular flexibility index (Phi) is 8.67. The van der Waals surface area contributed by atoms with Crippen molar-refractivity contribution in [3.8, 4) is 5.75 Å². The lowest BCUT2D eigenvalue weighted by atomic mass is 10.2. The smallest absolute Gasteiger partial charge is 0.137 e. The van der Waals surface area contributed by atoms with Crippen LogP contribution in [-0.4, -0.2) is 37.7 Å². The van der Waals surface area contributed by atoms with Crippen molar-refractivity contribution in [1.82, 2.24) is 10.2 Å². The predicted molar refractivity (Wildman–Crippen MR) is 86.7 cm³/mol. The van der Waals surface area contributed by atoms with E-state index >= 15 is 0 Å². The van der Waals surface area contributed by atoms with Crippen molar-refractivity contribution in [3.63, 3.8) is 0 Å². The third-order valence-electron chi connectivity index (χ3n) is 3.35. The Bertz CT molecular complexity index is 381. The first-order valence-electron chi connectivity index (χ1n) is 7.55. The molecule has 114 valence electrons. The number of nitrogens with one attached hydrogen (secondary N) is 1. The van der Waals surface area contributed by atoms with Crippen molar-refractivity contribution in [1.29, 1.82) is 0 Å². The van der Waals surface area contributed by atoms with Crippen molar-refractivity contribution >= 4 is 11.6 Å². The van der Waals surface area contributed by atoms with Crippen LogP contribution in [0.3, 0.4) is 0 Å². The molecule has 0 unspecified atom stereocenters. The van der Waals surface area contributed by atoms with Crippen molar-refractivity contribution in [2.45, 2.75) is 33.7 Å². The number of halogens is 1. The lowest BCUT2D eigenvalue weighted by Gasteiger charge is -2.17. The minimum atomic E-state index is 0.642. The first kappa shape index (κ1) is 17.3. The summed E-state index contributed by atoms with van der Waals surface area (Å²) in [5.41, 5.74) is 1.20. The van der Waals surface area contributed by atoms with Crippen molar-refractivity contribution in [2.75, 3.05) is 32.8 Å². The fourth-order valence-electron chi connectivity index (χ4n) is 2.13. The largest absolute Gasteiger partial charge is 0.492 e. The molecule has 0 aliphatic rings. The van der Waals surface area contributed by atoms with E-state index in [-0.39, 0.29) is 0 Å². The van der Waals surface area contributed by atoms with E-state index < -0.39 is 0 Å². The number of hydrogen-bond donors (Lipinski definition) is 1. The van der Waals surface area contributed by atoms with Gasteiger partial charge in [0.15, 0.2) is 0 Å². The molecule has 0 spiro atoms. The Labute approximate surface area is 128 Å². The molecule has 3 nitrogen and oxygen atoms in total. The predicted octanol–water partition coefficient (Wildman–Crippen LogP) is 3.56. The molecule has 0 heterocycles. The van der Waals surface area contributed by atoms with E-state index in [1.54, 1.807) is 0 Å². The van der Waals surface area contributed by atoms with Gasteiger partial charge in [0.1, 0.15) is 5.75 Å². The van der Waals surface area contributed by atoms with Crippen LogP contribution in [0.15, 0.2) is 18.2 Å². The maximum absolute atomic E-state index is 6.17. The van der Waals surface area contributed by atoms with Crippen LogP contribution in [0.5, 0.6) is 5.75 Å². The summed E-state index contributed by atoms with van der Waals surface area (Å²) in [7, 11) is 0. The van der Waals surface area contributed by atoms with Crippen molar-refractivity contribution in [3.05, 3.63) is 28.8 Å². The number of benzene rings is 1. The summed E-state index contributed by atoms with van der Waals surface area (Å²) in [4.78, 5) is 2.44. The number of ether oxygens (including phenoxy) is 1. The van der Waals surface area contributed by atoms with Gasteiger partial charge in [-0.15, -0.1) is 0 Å². The molecule has 0 aliphatic heterocycles. The lowest BCUT2D eigenvalue weighted by Crippen LogP contribution is -2.27. The molecule has 0 radical (unpaired) electrons. The molecule has 0 aliphatic carbocycles. The van der Waals surface area contributed by atoms with Crippen LogP contribution in [0.25, 0.3) is 0 Å². The highest BCUT2D eigenvalue weighted by Gasteiger charge is 2.02. The summed E-state index contributed by atoms with van der Waals surface area (Å²) in [6.45, 7) is 12.3. The Morgan fingerprint density at radius 1 is 1.20 bits per heavy atom. The highest BCUT2D eigenvalue weighted by atomic mass is 35.5. The van der Waals surface area contributed by atoms with Gasteiger partial charge >= 0.3 is 0 Å². The van der Waals surface area contributed by atoms with E-state index in [1.165, 1.54) is 12.0 Å². The highest BCUT2D eigenvalue weighted by Crippen LogP contribution is 2.25. The molecule has 1 aromatic rings. The Morgan fingerprint density at radius 2 is 1.95 bits per heavy atom. The molecule has 0 atom stereocenters. The zero-order valence-electron chi connectivity index (χ0n) is 12.9. The Morgan fingerprint density at radius 3 is 2.55 bits per heavy atom. The number of rotatable bonds is 10. The van der Waals surface area contributed by atoms with E-state index in [1.807, 2.05) is 19.1 Å². The Hall–Kier alpha value is -0.770. The molecule has 1 aromatic carbocycles. The maximum Gasteiger partial charge on any atom is 0.137 e. The second kappa shape index (κ2) is 10.0. The minimum absolute atomic E-state index is 0.642. The van der Waals surface area contributed by atoms with Gasteiger partial charge < -0.3 is 15.0 Å². The van der Waals surface area contributed by atoms with Crippen LogP contribution in [0, 0.1) is 0 Å². The van der Waals surface area contributed by atoms with Gasteiger partial charge in [0.05, 0.1) is 11.6 Å². The third kappa shape index (κ3) is 6.12. The average molecular weight is 299 g/mol. The van der Waals surface area contributed by atoms with Crippen LogP contribution in [0.1, 0.15) is 32.8 Å². The van der Waals surface area contributed by atoms with Gasteiger partial charge in [0.2, 0.25) is 0 Å². The van der Waals surface area contributed by atoms with Gasteiger partial charge in [0, 0.05) is 6.54 Å². The standard InChI is InChI=1S/C16H27ClN2O/c1-4-19(5-2)11-7-10-18-13-14-8-9-16(20-6-3)15(17)12-14/h8-9,12,18H,4-7,10-11,13H2,1-3H3. The van der Waals surface area contributed by atoms with Gasteiger partial charge in [-0.25, -0.2) is 0 Å². The molecule has 1 rings (SSSR count). The van der Waals surface area contributed by atoms with Gasteiger partial charge in [-0.2, -0.15) is 0 Å². The molecular formula is C16H27ClN2O.